The van der Waals surface area contributed by atoms with Gasteiger partial charge in [-0.3, -0.25) is 0 Å². The second kappa shape index (κ2) is 4.80. The number of nitrogen functional groups attached to an aromatic ring is 2. The molecular formula is C15H17N3O. The molecule has 1 aliphatic carbocycles. The zero-order valence-corrected chi connectivity index (χ0v) is 10.7. The topological polar surface area (TPSA) is 74.2 Å². The average molecular weight is 255 g/mol. The summed E-state index contributed by atoms with van der Waals surface area (Å²) in [5.74, 6) is 1.58. The zero-order valence-electron chi connectivity index (χ0n) is 10.7. The number of nitrogens with zero attached hydrogens (tertiary/aromatic N) is 1. The molecule has 4 heteroatoms. The van der Waals surface area contributed by atoms with E-state index in [2.05, 4.69) is 17.1 Å². The number of ether oxygens (including phenoxy) is 1. The van der Waals surface area contributed by atoms with Crippen LogP contribution in [-0.2, 0) is 12.8 Å². The zero-order chi connectivity index (χ0) is 13.2. The Morgan fingerprint density at radius 1 is 0.947 bits per heavy atom. The molecule has 0 amide bonds. The molecule has 19 heavy (non-hydrogen) atoms. The van der Waals surface area contributed by atoms with Crippen LogP contribution in [0.4, 0.5) is 11.5 Å². The van der Waals surface area contributed by atoms with E-state index in [0.717, 1.165) is 12.2 Å². The van der Waals surface area contributed by atoms with Gasteiger partial charge >= 0.3 is 0 Å². The second-order valence-electron chi connectivity index (χ2n) is 4.86. The fourth-order valence-electron chi connectivity index (χ4n) is 2.42. The quantitative estimate of drug-likeness (QED) is 0.865. The molecule has 0 saturated carbocycles. The molecule has 1 heterocycles. The first-order chi connectivity index (χ1) is 9.22. The van der Waals surface area contributed by atoms with E-state index in [0.29, 0.717) is 17.4 Å². The first kappa shape index (κ1) is 11.8. The Kier molecular flexibility index (Phi) is 2.99. The number of nitrogens with two attached hydrogens (primary N) is 2. The molecule has 0 unspecified atom stereocenters. The monoisotopic (exact) mass is 255 g/mol. The van der Waals surface area contributed by atoms with Crippen molar-refractivity contribution in [3.05, 3.63) is 41.5 Å². The summed E-state index contributed by atoms with van der Waals surface area (Å²) in [4.78, 5) is 4.11. The Hall–Kier alpha value is -2.23. The first-order valence-corrected chi connectivity index (χ1v) is 6.54. The van der Waals surface area contributed by atoms with Crippen molar-refractivity contribution in [1.29, 1.82) is 0 Å². The van der Waals surface area contributed by atoms with Crippen molar-refractivity contribution in [1.82, 2.24) is 4.98 Å². The molecule has 4 nitrogen and oxygen atoms in total. The third-order valence-electron chi connectivity index (χ3n) is 3.47. The summed E-state index contributed by atoms with van der Waals surface area (Å²) >= 11 is 0. The second-order valence-corrected chi connectivity index (χ2v) is 4.86. The summed E-state index contributed by atoms with van der Waals surface area (Å²) < 4.78 is 5.73. The van der Waals surface area contributed by atoms with E-state index in [1.54, 1.807) is 12.1 Å². The summed E-state index contributed by atoms with van der Waals surface area (Å²) in [6.45, 7) is 0. The molecule has 98 valence electrons. The number of aromatic nitrogens is 1. The van der Waals surface area contributed by atoms with E-state index >= 15 is 0 Å². The highest BCUT2D eigenvalue weighted by Crippen LogP contribution is 2.28. The Balaban J connectivity index is 1.84. The molecule has 1 aromatic carbocycles. The molecule has 0 aliphatic heterocycles. The molecule has 0 bridgehead atoms. The Labute approximate surface area is 112 Å². The fourth-order valence-corrected chi connectivity index (χ4v) is 2.42. The third kappa shape index (κ3) is 2.47. The van der Waals surface area contributed by atoms with Gasteiger partial charge < -0.3 is 16.2 Å². The number of anilines is 2. The lowest BCUT2D eigenvalue weighted by Crippen LogP contribution is -2.03. The highest BCUT2D eigenvalue weighted by atomic mass is 16.5. The van der Waals surface area contributed by atoms with Crippen molar-refractivity contribution in [2.45, 2.75) is 25.7 Å². The third-order valence-corrected chi connectivity index (χ3v) is 3.47. The first-order valence-electron chi connectivity index (χ1n) is 6.54. The van der Waals surface area contributed by atoms with E-state index in [9.17, 15) is 0 Å². The lowest BCUT2D eigenvalue weighted by molar-refractivity contribution is 0.462. The lowest BCUT2D eigenvalue weighted by atomic mass is 9.92. The van der Waals surface area contributed by atoms with Crippen LogP contribution in [0.25, 0.3) is 0 Å². The maximum atomic E-state index is 5.73. The van der Waals surface area contributed by atoms with Gasteiger partial charge in [-0.2, -0.15) is 4.98 Å². The van der Waals surface area contributed by atoms with Crippen LogP contribution in [0.2, 0.25) is 0 Å². The molecule has 1 aromatic heterocycles. The van der Waals surface area contributed by atoms with Gasteiger partial charge in [0.1, 0.15) is 5.75 Å². The van der Waals surface area contributed by atoms with Crippen molar-refractivity contribution in [3.8, 4) is 11.6 Å². The van der Waals surface area contributed by atoms with Gasteiger partial charge in [-0.15, -0.1) is 0 Å². The lowest BCUT2D eigenvalue weighted by Gasteiger charge is -2.16. The molecule has 0 saturated heterocycles. The van der Waals surface area contributed by atoms with Gasteiger partial charge in [-0.05, 0) is 55.0 Å². The molecule has 0 atom stereocenters. The molecular weight excluding hydrogens is 238 g/mol. The smallest absolute Gasteiger partial charge is 0.221 e. The minimum absolute atomic E-state index is 0.301. The number of hydrogen-bond donors (Lipinski definition) is 2. The SMILES string of the molecule is Nc1ccc(Oc2ccc3c(c2)CCCC3)nc1N. The predicted molar refractivity (Wildman–Crippen MR) is 76.2 cm³/mol. The molecule has 1 aliphatic rings. The largest absolute Gasteiger partial charge is 0.439 e. The minimum atomic E-state index is 0.301. The number of hydrogen-bond acceptors (Lipinski definition) is 4. The Morgan fingerprint density at radius 2 is 1.74 bits per heavy atom. The van der Waals surface area contributed by atoms with E-state index in [-0.39, 0.29) is 0 Å². The molecule has 0 spiro atoms. The maximum absolute atomic E-state index is 5.73. The summed E-state index contributed by atoms with van der Waals surface area (Å²) in [6, 6.07) is 9.66. The van der Waals surface area contributed by atoms with Crippen molar-refractivity contribution in [2.24, 2.45) is 0 Å². The summed E-state index contributed by atoms with van der Waals surface area (Å²) in [7, 11) is 0. The molecule has 4 N–H and O–H groups in total. The maximum Gasteiger partial charge on any atom is 0.221 e. The molecule has 0 fully saturated rings. The Morgan fingerprint density at radius 3 is 2.53 bits per heavy atom. The highest BCUT2D eigenvalue weighted by molar-refractivity contribution is 5.58. The fraction of sp³-hybridized carbons (Fsp3) is 0.267. The normalized spacial score (nSPS) is 13.9. The van der Waals surface area contributed by atoms with Crippen LogP contribution in [0.3, 0.4) is 0 Å². The van der Waals surface area contributed by atoms with Gasteiger partial charge in [0.15, 0.2) is 5.82 Å². The molecule has 3 rings (SSSR count). The summed E-state index contributed by atoms with van der Waals surface area (Å²) in [5.41, 5.74) is 14.6. The standard InChI is InChI=1S/C15H17N3O/c16-13-7-8-14(18-15(13)17)19-12-6-5-10-3-1-2-4-11(10)9-12/h5-9H,1-4,16H2,(H2,17,18). The van der Waals surface area contributed by atoms with Crippen LogP contribution in [0, 0.1) is 0 Å². The summed E-state index contributed by atoms with van der Waals surface area (Å²) in [5, 5.41) is 0. The van der Waals surface area contributed by atoms with Crippen LogP contribution in [0.5, 0.6) is 11.6 Å². The van der Waals surface area contributed by atoms with Crippen molar-refractivity contribution < 1.29 is 4.74 Å². The van der Waals surface area contributed by atoms with E-state index in [4.69, 9.17) is 16.2 Å². The van der Waals surface area contributed by atoms with Crippen LogP contribution < -0.4 is 16.2 Å². The number of pyridine rings is 1. The number of aryl methyl sites for hydroxylation is 2. The van der Waals surface area contributed by atoms with Gasteiger partial charge in [-0.1, -0.05) is 6.07 Å². The van der Waals surface area contributed by atoms with Gasteiger partial charge in [0.05, 0.1) is 5.69 Å². The molecule has 2 aromatic rings. The van der Waals surface area contributed by atoms with E-state index in [1.807, 2.05) is 6.07 Å². The van der Waals surface area contributed by atoms with Gasteiger partial charge in [0.2, 0.25) is 5.88 Å². The van der Waals surface area contributed by atoms with Crippen molar-refractivity contribution in [2.75, 3.05) is 11.5 Å². The number of benzene rings is 1. The van der Waals surface area contributed by atoms with Crippen molar-refractivity contribution in [3.63, 3.8) is 0 Å². The van der Waals surface area contributed by atoms with E-state index < -0.39 is 0 Å². The van der Waals surface area contributed by atoms with Crippen LogP contribution >= 0.6 is 0 Å². The van der Waals surface area contributed by atoms with Crippen LogP contribution in [0.15, 0.2) is 30.3 Å². The average Bonchev–Trinajstić information content (AvgIpc) is 2.43. The van der Waals surface area contributed by atoms with Crippen LogP contribution in [-0.4, -0.2) is 4.98 Å². The highest BCUT2D eigenvalue weighted by Gasteiger charge is 2.10. The molecule has 0 radical (unpaired) electrons. The number of rotatable bonds is 2. The Bertz CT molecular complexity index is 610. The number of fused-ring (bicyclic) bond motifs is 1. The van der Waals surface area contributed by atoms with Crippen molar-refractivity contribution >= 4 is 11.5 Å². The predicted octanol–water partition coefficient (Wildman–Crippen LogP) is 2.92. The minimum Gasteiger partial charge on any atom is -0.439 e. The van der Waals surface area contributed by atoms with Crippen LogP contribution in [0.1, 0.15) is 24.0 Å². The van der Waals surface area contributed by atoms with Gasteiger partial charge in [-0.25, -0.2) is 0 Å². The van der Waals surface area contributed by atoms with Gasteiger partial charge in [0, 0.05) is 6.07 Å². The van der Waals surface area contributed by atoms with Gasteiger partial charge in [0.25, 0.3) is 0 Å². The summed E-state index contributed by atoms with van der Waals surface area (Å²) in [6.07, 6.45) is 4.83. The van der Waals surface area contributed by atoms with E-state index in [1.165, 1.54) is 30.4 Å².